The average molecular weight is 283 g/mol. The van der Waals surface area contributed by atoms with E-state index in [0.29, 0.717) is 23.3 Å². The van der Waals surface area contributed by atoms with Crippen LogP contribution in [-0.2, 0) is 6.42 Å². The van der Waals surface area contributed by atoms with Crippen LogP contribution < -0.4 is 5.32 Å². The Labute approximate surface area is 121 Å². The molecule has 1 aromatic rings. The van der Waals surface area contributed by atoms with Gasteiger partial charge in [0, 0.05) is 12.1 Å². The maximum Gasteiger partial charge on any atom is 0.126 e. The lowest BCUT2D eigenvalue weighted by atomic mass is 9.82. The van der Waals surface area contributed by atoms with Crippen LogP contribution in [0.3, 0.4) is 0 Å². The van der Waals surface area contributed by atoms with Crippen molar-refractivity contribution in [2.75, 3.05) is 7.05 Å². The van der Waals surface area contributed by atoms with Crippen molar-refractivity contribution in [3.63, 3.8) is 0 Å². The largest absolute Gasteiger partial charge is 0.317 e. The van der Waals surface area contributed by atoms with E-state index in [9.17, 15) is 8.78 Å². The smallest absolute Gasteiger partial charge is 0.126 e. The van der Waals surface area contributed by atoms with Crippen LogP contribution in [0.15, 0.2) is 18.2 Å². The number of benzene rings is 1. The van der Waals surface area contributed by atoms with Gasteiger partial charge < -0.3 is 5.32 Å². The zero-order valence-electron chi connectivity index (χ0n) is 13.3. The van der Waals surface area contributed by atoms with Crippen molar-refractivity contribution in [2.45, 2.75) is 53.0 Å². The molecule has 0 aliphatic heterocycles. The van der Waals surface area contributed by atoms with Gasteiger partial charge in [-0.05, 0) is 55.3 Å². The van der Waals surface area contributed by atoms with Crippen LogP contribution in [0.2, 0.25) is 0 Å². The van der Waals surface area contributed by atoms with Gasteiger partial charge in [0.2, 0.25) is 0 Å². The average Bonchev–Trinajstić information content (AvgIpc) is 2.23. The highest BCUT2D eigenvalue weighted by molar-refractivity contribution is 5.19. The summed E-state index contributed by atoms with van der Waals surface area (Å²) in [6.45, 7) is 8.95. The van der Waals surface area contributed by atoms with E-state index in [1.807, 2.05) is 7.05 Å². The standard InChI is InChI=1S/C17H27F2N/c1-12(11-17(2,3)4)6-16(20-5)9-13-7-14(18)10-15(19)8-13/h7-8,10,12,16,20H,6,9,11H2,1-5H3. The van der Waals surface area contributed by atoms with Crippen molar-refractivity contribution in [2.24, 2.45) is 11.3 Å². The summed E-state index contributed by atoms with van der Waals surface area (Å²) in [5.74, 6) is -0.430. The van der Waals surface area contributed by atoms with Crippen LogP contribution >= 0.6 is 0 Å². The molecule has 114 valence electrons. The Morgan fingerprint density at radius 1 is 1.10 bits per heavy atom. The second kappa shape index (κ2) is 7.16. The predicted octanol–water partition coefficient (Wildman–Crippen LogP) is 4.56. The second-order valence-electron chi connectivity index (χ2n) is 7.07. The van der Waals surface area contributed by atoms with Crippen LogP contribution in [0.4, 0.5) is 8.78 Å². The van der Waals surface area contributed by atoms with E-state index < -0.39 is 11.6 Å². The first kappa shape index (κ1) is 17.1. The monoisotopic (exact) mass is 283 g/mol. The number of hydrogen-bond donors (Lipinski definition) is 1. The third-order valence-electron chi connectivity index (χ3n) is 3.46. The molecular formula is C17H27F2N. The third kappa shape index (κ3) is 6.47. The van der Waals surface area contributed by atoms with Gasteiger partial charge in [0.15, 0.2) is 0 Å². The molecule has 20 heavy (non-hydrogen) atoms. The molecule has 2 atom stereocenters. The summed E-state index contributed by atoms with van der Waals surface area (Å²) in [6, 6.07) is 4.00. The Bertz CT molecular complexity index is 403. The highest BCUT2D eigenvalue weighted by Crippen LogP contribution is 2.27. The summed E-state index contributed by atoms with van der Waals surface area (Å²) in [5, 5.41) is 3.26. The van der Waals surface area contributed by atoms with Crippen LogP contribution in [0.5, 0.6) is 0 Å². The topological polar surface area (TPSA) is 12.0 Å². The fourth-order valence-corrected chi connectivity index (χ4v) is 2.93. The minimum Gasteiger partial charge on any atom is -0.317 e. The molecule has 1 nitrogen and oxygen atoms in total. The van der Waals surface area contributed by atoms with Gasteiger partial charge in [-0.1, -0.05) is 27.7 Å². The number of rotatable bonds is 6. The Kier molecular flexibility index (Phi) is 6.12. The normalized spacial score (nSPS) is 15.2. The molecule has 0 aliphatic carbocycles. The summed E-state index contributed by atoms with van der Waals surface area (Å²) >= 11 is 0. The first-order chi connectivity index (χ1) is 9.19. The number of likely N-dealkylation sites (N-methyl/N-ethyl adjacent to an activating group) is 1. The molecule has 0 bridgehead atoms. The molecule has 0 radical (unpaired) electrons. The lowest BCUT2D eigenvalue weighted by Crippen LogP contribution is -2.30. The van der Waals surface area contributed by atoms with Crippen molar-refractivity contribution < 1.29 is 8.78 Å². The zero-order chi connectivity index (χ0) is 15.3. The lowest BCUT2D eigenvalue weighted by molar-refractivity contribution is 0.277. The maximum absolute atomic E-state index is 13.2. The van der Waals surface area contributed by atoms with Gasteiger partial charge in [0.1, 0.15) is 11.6 Å². The highest BCUT2D eigenvalue weighted by atomic mass is 19.1. The number of halogens is 2. The third-order valence-corrected chi connectivity index (χ3v) is 3.46. The molecule has 0 heterocycles. The van der Waals surface area contributed by atoms with E-state index in [1.165, 1.54) is 12.1 Å². The summed E-state index contributed by atoms with van der Waals surface area (Å²) in [7, 11) is 1.91. The number of hydrogen-bond acceptors (Lipinski definition) is 1. The summed E-state index contributed by atoms with van der Waals surface area (Å²) in [5.41, 5.74) is 1.02. The first-order valence-corrected chi connectivity index (χ1v) is 7.32. The quantitative estimate of drug-likeness (QED) is 0.807. The molecule has 1 rings (SSSR count). The molecule has 0 spiro atoms. The molecule has 0 aliphatic rings. The molecule has 0 fully saturated rings. The van der Waals surface area contributed by atoms with E-state index in [1.54, 1.807) is 0 Å². The van der Waals surface area contributed by atoms with Gasteiger partial charge in [-0.2, -0.15) is 0 Å². The molecule has 0 aromatic heterocycles. The molecular weight excluding hydrogens is 256 g/mol. The molecule has 3 heteroatoms. The Balaban J connectivity index is 2.63. The first-order valence-electron chi connectivity index (χ1n) is 7.32. The van der Waals surface area contributed by atoms with Gasteiger partial charge in [-0.3, -0.25) is 0 Å². The van der Waals surface area contributed by atoms with Crippen molar-refractivity contribution in [1.29, 1.82) is 0 Å². The van der Waals surface area contributed by atoms with Gasteiger partial charge >= 0.3 is 0 Å². The summed E-state index contributed by atoms with van der Waals surface area (Å²) in [4.78, 5) is 0. The Hall–Kier alpha value is -0.960. The Morgan fingerprint density at radius 3 is 2.10 bits per heavy atom. The van der Waals surface area contributed by atoms with E-state index in [4.69, 9.17) is 0 Å². The van der Waals surface area contributed by atoms with Gasteiger partial charge in [0.25, 0.3) is 0 Å². The van der Waals surface area contributed by atoms with E-state index in [0.717, 1.165) is 18.9 Å². The van der Waals surface area contributed by atoms with E-state index in [2.05, 4.69) is 33.0 Å². The van der Waals surface area contributed by atoms with Crippen molar-refractivity contribution >= 4 is 0 Å². The SMILES string of the molecule is CNC(Cc1cc(F)cc(F)c1)CC(C)CC(C)(C)C. The molecule has 2 unspecified atom stereocenters. The second-order valence-corrected chi connectivity index (χ2v) is 7.07. The van der Waals surface area contributed by atoms with Crippen LogP contribution in [0, 0.1) is 23.0 Å². The molecule has 0 saturated heterocycles. The summed E-state index contributed by atoms with van der Waals surface area (Å²) < 4.78 is 26.4. The summed E-state index contributed by atoms with van der Waals surface area (Å²) in [6.07, 6.45) is 2.80. The highest BCUT2D eigenvalue weighted by Gasteiger charge is 2.19. The van der Waals surface area contributed by atoms with Crippen LogP contribution in [0.25, 0.3) is 0 Å². The van der Waals surface area contributed by atoms with Crippen molar-refractivity contribution in [3.8, 4) is 0 Å². The van der Waals surface area contributed by atoms with Gasteiger partial charge in [-0.15, -0.1) is 0 Å². The van der Waals surface area contributed by atoms with E-state index in [-0.39, 0.29) is 6.04 Å². The lowest BCUT2D eigenvalue weighted by Gasteiger charge is -2.26. The predicted molar refractivity (Wildman–Crippen MR) is 80.8 cm³/mol. The fraction of sp³-hybridized carbons (Fsp3) is 0.647. The molecule has 1 N–H and O–H groups in total. The minimum absolute atomic E-state index is 0.244. The van der Waals surface area contributed by atoms with Crippen LogP contribution in [-0.4, -0.2) is 13.1 Å². The van der Waals surface area contributed by atoms with Gasteiger partial charge in [0.05, 0.1) is 0 Å². The maximum atomic E-state index is 13.2. The molecule has 1 aromatic carbocycles. The minimum atomic E-state index is -0.502. The van der Waals surface area contributed by atoms with Crippen molar-refractivity contribution in [3.05, 3.63) is 35.4 Å². The zero-order valence-corrected chi connectivity index (χ0v) is 13.3. The van der Waals surface area contributed by atoms with Gasteiger partial charge in [-0.25, -0.2) is 8.78 Å². The van der Waals surface area contributed by atoms with E-state index >= 15 is 0 Å². The van der Waals surface area contributed by atoms with Crippen LogP contribution in [0.1, 0.15) is 46.1 Å². The number of nitrogens with one attached hydrogen (secondary N) is 1. The Morgan fingerprint density at radius 2 is 1.65 bits per heavy atom. The van der Waals surface area contributed by atoms with Crippen molar-refractivity contribution in [1.82, 2.24) is 5.32 Å². The molecule has 0 saturated carbocycles. The fourth-order valence-electron chi connectivity index (χ4n) is 2.93. The molecule has 0 amide bonds.